The van der Waals surface area contributed by atoms with E-state index in [2.05, 4.69) is 6.92 Å². The molecule has 25 heavy (non-hydrogen) atoms. The molecule has 0 spiro atoms. The fraction of sp³-hybridized carbons (Fsp3) is 0.905. The van der Waals surface area contributed by atoms with Crippen molar-refractivity contribution in [3.05, 3.63) is 0 Å². The lowest BCUT2D eigenvalue weighted by Gasteiger charge is -2.17. The van der Waals surface area contributed by atoms with Gasteiger partial charge >= 0.3 is 11.9 Å². The Balaban J connectivity index is 3.63. The van der Waals surface area contributed by atoms with Crippen molar-refractivity contribution in [2.24, 2.45) is 0 Å². The molecule has 0 N–H and O–H groups in total. The number of hydrogen-bond acceptors (Lipinski definition) is 4. The monoisotopic (exact) mass is 356 g/mol. The molecule has 0 aromatic heterocycles. The fourth-order valence-corrected chi connectivity index (χ4v) is 3.15. The molecule has 0 rings (SSSR count). The van der Waals surface area contributed by atoms with Crippen molar-refractivity contribution in [1.82, 2.24) is 0 Å². The highest BCUT2D eigenvalue weighted by molar-refractivity contribution is 5.66. The first kappa shape index (κ1) is 23.9. The summed E-state index contributed by atoms with van der Waals surface area (Å²) in [4.78, 5) is 22.0. The van der Waals surface area contributed by atoms with Crippen molar-refractivity contribution in [3.8, 4) is 0 Å². The lowest BCUT2D eigenvalue weighted by atomic mass is 10.0. The minimum Gasteiger partial charge on any atom is -0.463 e. The summed E-state index contributed by atoms with van der Waals surface area (Å²) in [5.74, 6) is -0.341. The summed E-state index contributed by atoms with van der Waals surface area (Å²) in [5, 5.41) is 0. The highest BCUT2D eigenvalue weighted by Crippen LogP contribution is 2.17. The van der Waals surface area contributed by atoms with E-state index in [-0.39, 0.29) is 24.1 Å². The summed E-state index contributed by atoms with van der Waals surface area (Å²) in [6.07, 6.45) is 15.1. The van der Waals surface area contributed by atoms with E-state index in [1.54, 1.807) is 0 Å². The van der Waals surface area contributed by atoms with Crippen LogP contribution in [-0.4, -0.2) is 24.1 Å². The molecule has 148 valence electrons. The van der Waals surface area contributed by atoms with E-state index in [0.717, 1.165) is 38.5 Å². The molecule has 4 nitrogen and oxygen atoms in total. The molecule has 0 saturated carbocycles. The van der Waals surface area contributed by atoms with Crippen LogP contribution in [0.1, 0.15) is 111 Å². The Hall–Kier alpha value is -1.06. The van der Waals surface area contributed by atoms with Gasteiger partial charge in [-0.1, -0.05) is 51.9 Å². The zero-order chi connectivity index (χ0) is 18.9. The lowest BCUT2D eigenvalue weighted by Crippen LogP contribution is -2.16. The predicted molar refractivity (Wildman–Crippen MR) is 102 cm³/mol. The van der Waals surface area contributed by atoms with E-state index in [1.165, 1.54) is 58.8 Å². The molecular formula is C21H40O4. The van der Waals surface area contributed by atoms with E-state index in [9.17, 15) is 9.59 Å². The van der Waals surface area contributed by atoms with Crippen LogP contribution in [0.5, 0.6) is 0 Å². The molecule has 0 bridgehead atoms. The Morgan fingerprint density at radius 2 is 1.12 bits per heavy atom. The third kappa shape index (κ3) is 17.6. The number of hydrogen-bond donors (Lipinski definition) is 0. The minimum atomic E-state index is -0.190. The summed E-state index contributed by atoms with van der Waals surface area (Å²) in [6.45, 7) is 7.14. The summed E-state index contributed by atoms with van der Waals surface area (Å²) < 4.78 is 10.6. The van der Waals surface area contributed by atoms with Crippen LogP contribution in [0, 0.1) is 0 Å². The van der Waals surface area contributed by atoms with Crippen LogP contribution >= 0.6 is 0 Å². The van der Waals surface area contributed by atoms with E-state index < -0.39 is 0 Å². The molecule has 0 radical (unpaired) electrons. The van der Waals surface area contributed by atoms with Crippen molar-refractivity contribution >= 4 is 11.9 Å². The Kier molecular flexibility index (Phi) is 15.7. The quantitative estimate of drug-likeness (QED) is 0.253. The number of ether oxygens (including phenoxy) is 2. The normalized spacial score (nSPS) is 13.3. The highest BCUT2D eigenvalue weighted by atomic mass is 16.5. The zero-order valence-corrected chi connectivity index (χ0v) is 17.0. The van der Waals surface area contributed by atoms with Gasteiger partial charge in [0.25, 0.3) is 0 Å². The van der Waals surface area contributed by atoms with Crippen LogP contribution in [0.3, 0.4) is 0 Å². The fourth-order valence-electron chi connectivity index (χ4n) is 3.15. The van der Waals surface area contributed by atoms with Gasteiger partial charge in [-0.15, -0.1) is 0 Å². The van der Waals surface area contributed by atoms with E-state index in [0.29, 0.717) is 0 Å². The van der Waals surface area contributed by atoms with Crippen LogP contribution in [0.4, 0.5) is 0 Å². The van der Waals surface area contributed by atoms with Crippen LogP contribution in [0.25, 0.3) is 0 Å². The highest BCUT2D eigenvalue weighted by Gasteiger charge is 2.11. The Morgan fingerprint density at radius 1 is 0.680 bits per heavy atom. The Labute approximate surface area is 155 Å². The molecule has 0 fully saturated rings. The maximum absolute atomic E-state index is 11.2. The lowest BCUT2D eigenvalue weighted by molar-refractivity contribution is -0.147. The molecule has 0 aromatic carbocycles. The zero-order valence-electron chi connectivity index (χ0n) is 17.0. The second-order valence-electron chi connectivity index (χ2n) is 7.20. The van der Waals surface area contributed by atoms with Gasteiger partial charge < -0.3 is 9.47 Å². The van der Waals surface area contributed by atoms with E-state index in [1.807, 2.05) is 6.92 Å². The summed E-state index contributed by atoms with van der Waals surface area (Å²) in [6, 6.07) is 0. The first-order valence-electron chi connectivity index (χ1n) is 10.3. The van der Waals surface area contributed by atoms with Gasteiger partial charge in [-0.25, -0.2) is 0 Å². The maximum Gasteiger partial charge on any atom is 0.302 e. The number of carbonyl (C=O) groups excluding carboxylic acids is 2. The van der Waals surface area contributed by atoms with Gasteiger partial charge in [0, 0.05) is 13.8 Å². The SMILES string of the molecule is CCCCCCC(CCCCCCCCC(C)OC(C)=O)OC(C)=O. The van der Waals surface area contributed by atoms with Crippen molar-refractivity contribution < 1.29 is 19.1 Å². The summed E-state index contributed by atoms with van der Waals surface area (Å²) in [7, 11) is 0. The average Bonchev–Trinajstić information content (AvgIpc) is 2.52. The van der Waals surface area contributed by atoms with Gasteiger partial charge in [-0.05, 0) is 45.4 Å². The van der Waals surface area contributed by atoms with Crippen molar-refractivity contribution in [2.45, 2.75) is 123 Å². The average molecular weight is 357 g/mol. The third-order valence-corrected chi connectivity index (χ3v) is 4.47. The number of esters is 2. The van der Waals surface area contributed by atoms with Crippen LogP contribution in [0.15, 0.2) is 0 Å². The Bertz CT molecular complexity index is 341. The van der Waals surface area contributed by atoms with Crippen molar-refractivity contribution in [1.29, 1.82) is 0 Å². The smallest absolute Gasteiger partial charge is 0.302 e. The molecule has 2 unspecified atom stereocenters. The molecule has 0 aliphatic heterocycles. The first-order chi connectivity index (χ1) is 12.0. The summed E-state index contributed by atoms with van der Waals surface area (Å²) in [5.41, 5.74) is 0. The van der Waals surface area contributed by atoms with Gasteiger partial charge in [0.2, 0.25) is 0 Å². The molecule has 0 amide bonds. The van der Waals surface area contributed by atoms with Gasteiger partial charge in [0.1, 0.15) is 6.10 Å². The van der Waals surface area contributed by atoms with Gasteiger partial charge in [-0.3, -0.25) is 9.59 Å². The topological polar surface area (TPSA) is 52.6 Å². The molecule has 0 aliphatic rings. The Morgan fingerprint density at radius 3 is 1.60 bits per heavy atom. The van der Waals surface area contributed by atoms with Gasteiger partial charge in [-0.2, -0.15) is 0 Å². The van der Waals surface area contributed by atoms with Crippen LogP contribution < -0.4 is 0 Å². The number of rotatable bonds is 16. The maximum atomic E-state index is 11.2. The molecule has 0 aliphatic carbocycles. The van der Waals surface area contributed by atoms with Crippen LogP contribution in [-0.2, 0) is 19.1 Å². The number of carbonyl (C=O) groups is 2. The molecule has 4 heteroatoms. The second kappa shape index (κ2) is 16.4. The molecule has 2 atom stereocenters. The van der Waals surface area contributed by atoms with Crippen molar-refractivity contribution in [2.75, 3.05) is 0 Å². The molecular weight excluding hydrogens is 316 g/mol. The molecule has 0 aromatic rings. The van der Waals surface area contributed by atoms with E-state index in [4.69, 9.17) is 9.47 Å². The van der Waals surface area contributed by atoms with Gasteiger partial charge in [0.05, 0.1) is 6.10 Å². The minimum absolute atomic E-state index is 0.0368. The number of unbranched alkanes of at least 4 members (excludes halogenated alkanes) is 8. The summed E-state index contributed by atoms with van der Waals surface area (Å²) >= 11 is 0. The largest absolute Gasteiger partial charge is 0.463 e. The third-order valence-electron chi connectivity index (χ3n) is 4.47. The van der Waals surface area contributed by atoms with E-state index >= 15 is 0 Å². The van der Waals surface area contributed by atoms with Crippen molar-refractivity contribution in [3.63, 3.8) is 0 Å². The molecule has 0 heterocycles. The standard InChI is InChI=1S/C21H40O4/c1-5-6-7-13-16-21(25-20(4)23)17-14-11-9-8-10-12-15-18(2)24-19(3)22/h18,21H,5-17H2,1-4H3. The molecule has 0 saturated heterocycles. The van der Waals surface area contributed by atoms with Crippen LogP contribution in [0.2, 0.25) is 0 Å². The second-order valence-corrected chi connectivity index (χ2v) is 7.20. The van der Waals surface area contributed by atoms with Gasteiger partial charge in [0.15, 0.2) is 0 Å². The first-order valence-corrected chi connectivity index (χ1v) is 10.3. The predicted octanol–water partition coefficient (Wildman–Crippen LogP) is 5.96.